The lowest BCUT2D eigenvalue weighted by Crippen LogP contribution is -2.33. The van der Waals surface area contributed by atoms with Crippen molar-refractivity contribution in [1.29, 1.82) is 0 Å². The summed E-state index contributed by atoms with van der Waals surface area (Å²) in [7, 11) is 3.38. The van der Waals surface area contributed by atoms with E-state index in [0.29, 0.717) is 23.7 Å². The maximum Gasteiger partial charge on any atom is 0.148 e. The molecule has 0 spiro atoms. The maximum atomic E-state index is 14.0. The van der Waals surface area contributed by atoms with Gasteiger partial charge in [0.25, 0.3) is 0 Å². The molecule has 1 saturated heterocycles. The molecule has 1 aromatic rings. The van der Waals surface area contributed by atoms with E-state index < -0.39 is 0 Å². The number of hydrogen-bond donors (Lipinski definition) is 1. The number of hydrogen-bond acceptors (Lipinski definition) is 4. The number of ether oxygens (including phenoxy) is 2. The van der Waals surface area contributed by atoms with E-state index >= 15 is 0 Å². The van der Waals surface area contributed by atoms with Gasteiger partial charge >= 0.3 is 0 Å². The highest BCUT2D eigenvalue weighted by molar-refractivity contribution is 5.63. The van der Waals surface area contributed by atoms with E-state index in [1.807, 2.05) is 11.9 Å². The first kappa shape index (κ1) is 13.9. The fourth-order valence-corrected chi connectivity index (χ4v) is 2.38. The van der Waals surface area contributed by atoms with Gasteiger partial charge in [-0.2, -0.15) is 0 Å². The third kappa shape index (κ3) is 3.29. The summed E-state index contributed by atoms with van der Waals surface area (Å²) in [6.07, 6.45) is 3.48. The molecule has 1 unspecified atom stereocenters. The summed E-state index contributed by atoms with van der Waals surface area (Å²) in [5.41, 5.74) is 6.47. The van der Waals surface area contributed by atoms with E-state index in [2.05, 4.69) is 0 Å². The van der Waals surface area contributed by atoms with Crippen LogP contribution in [0.5, 0.6) is 5.75 Å². The molecule has 1 aliphatic heterocycles. The Hall–Kier alpha value is -1.49. The number of anilines is 2. The summed E-state index contributed by atoms with van der Waals surface area (Å²) in [5.74, 6) is 0.157. The van der Waals surface area contributed by atoms with Crippen LogP contribution in [0.4, 0.5) is 15.8 Å². The predicted octanol–water partition coefficient (Wildman–Crippen LogP) is 2.42. The molecule has 1 aromatic carbocycles. The van der Waals surface area contributed by atoms with Gasteiger partial charge in [0.05, 0.1) is 24.6 Å². The number of rotatable bonds is 4. The van der Waals surface area contributed by atoms with Gasteiger partial charge in [0.2, 0.25) is 0 Å². The molecule has 4 nitrogen and oxygen atoms in total. The summed E-state index contributed by atoms with van der Waals surface area (Å²) in [6, 6.07) is 2.93. The quantitative estimate of drug-likeness (QED) is 0.852. The normalized spacial score (nSPS) is 19.2. The minimum Gasteiger partial charge on any atom is -0.495 e. The van der Waals surface area contributed by atoms with Crippen molar-refractivity contribution in [2.24, 2.45) is 0 Å². The number of likely N-dealkylation sites (N-methyl/N-ethyl adjacent to an activating group) is 1. The molecule has 1 heterocycles. The molecule has 19 heavy (non-hydrogen) atoms. The van der Waals surface area contributed by atoms with E-state index in [9.17, 15) is 4.39 Å². The van der Waals surface area contributed by atoms with Crippen LogP contribution in [0.3, 0.4) is 0 Å². The van der Waals surface area contributed by atoms with Crippen molar-refractivity contribution >= 4 is 11.4 Å². The van der Waals surface area contributed by atoms with Gasteiger partial charge < -0.3 is 20.1 Å². The number of nitrogens with two attached hydrogens (primary N) is 1. The average Bonchev–Trinajstić information content (AvgIpc) is 2.40. The number of halogens is 1. The van der Waals surface area contributed by atoms with Gasteiger partial charge in [-0.25, -0.2) is 4.39 Å². The second-order valence-corrected chi connectivity index (χ2v) is 4.91. The molecule has 106 valence electrons. The second kappa shape index (κ2) is 6.10. The van der Waals surface area contributed by atoms with Crippen LogP contribution in [0.2, 0.25) is 0 Å². The van der Waals surface area contributed by atoms with Crippen LogP contribution in [-0.2, 0) is 4.74 Å². The lowest BCUT2D eigenvalue weighted by molar-refractivity contribution is 0.0215. The zero-order valence-corrected chi connectivity index (χ0v) is 11.5. The third-order valence-corrected chi connectivity index (χ3v) is 3.46. The molecule has 1 aliphatic rings. The molecule has 0 bridgehead atoms. The van der Waals surface area contributed by atoms with Gasteiger partial charge in [0, 0.05) is 32.3 Å². The first-order valence-corrected chi connectivity index (χ1v) is 6.57. The second-order valence-electron chi connectivity index (χ2n) is 4.91. The number of benzene rings is 1. The fourth-order valence-electron chi connectivity index (χ4n) is 2.38. The van der Waals surface area contributed by atoms with Crippen LogP contribution in [0.25, 0.3) is 0 Å². The molecular formula is C14H21FN2O2. The van der Waals surface area contributed by atoms with Gasteiger partial charge in [-0.15, -0.1) is 0 Å². The molecule has 0 saturated carbocycles. The van der Waals surface area contributed by atoms with Crippen molar-refractivity contribution in [1.82, 2.24) is 0 Å². The molecule has 0 aromatic heterocycles. The highest BCUT2D eigenvalue weighted by Crippen LogP contribution is 2.30. The zero-order valence-electron chi connectivity index (χ0n) is 11.5. The van der Waals surface area contributed by atoms with Crippen molar-refractivity contribution in [2.75, 3.05) is 37.9 Å². The molecule has 1 fully saturated rings. The monoisotopic (exact) mass is 268 g/mol. The SMILES string of the molecule is COc1cc(N(C)CC2CCCCO2)c(F)cc1N. The average molecular weight is 268 g/mol. The molecule has 0 radical (unpaired) electrons. The van der Waals surface area contributed by atoms with Crippen LogP contribution in [0.15, 0.2) is 12.1 Å². The Labute approximate surface area is 113 Å². The summed E-state index contributed by atoms with van der Waals surface area (Å²) in [6.45, 7) is 1.47. The van der Waals surface area contributed by atoms with Gasteiger partial charge in [-0.05, 0) is 19.3 Å². The van der Waals surface area contributed by atoms with Crippen LogP contribution in [0, 0.1) is 5.82 Å². The van der Waals surface area contributed by atoms with Crippen LogP contribution in [-0.4, -0.2) is 33.4 Å². The predicted molar refractivity (Wildman–Crippen MR) is 74.2 cm³/mol. The highest BCUT2D eigenvalue weighted by atomic mass is 19.1. The summed E-state index contributed by atoms with van der Waals surface area (Å²) in [5, 5.41) is 0. The Morgan fingerprint density at radius 1 is 1.47 bits per heavy atom. The number of methoxy groups -OCH3 is 1. The first-order chi connectivity index (χ1) is 9.11. The van der Waals surface area contributed by atoms with Crippen molar-refractivity contribution in [2.45, 2.75) is 25.4 Å². The van der Waals surface area contributed by atoms with Gasteiger partial charge in [-0.3, -0.25) is 0 Å². The summed E-state index contributed by atoms with van der Waals surface area (Å²) >= 11 is 0. The fraction of sp³-hybridized carbons (Fsp3) is 0.571. The van der Waals surface area contributed by atoms with Crippen LogP contribution in [0.1, 0.15) is 19.3 Å². The Balaban J connectivity index is 2.11. The summed E-state index contributed by atoms with van der Waals surface area (Å²) < 4.78 is 24.8. The Bertz CT molecular complexity index is 434. The lowest BCUT2D eigenvalue weighted by Gasteiger charge is -2.29. The largest absolute Gasteiger partial charge is 0.495 e. The van der Waals surface area contributed by atoms with Crippen molar-refractivity contribution in [3.63, 3.8) is 0 Å². The lowest BCUT2D eigenvalue weighted by atomic mass is 10.1. The van der Waals surface area contributed by atoms with Crippen molar-refractivity contribution < 1.29 is 13.9 Å². The molecule has 5 heteroatoms. The highest BCUT2D eigenvalue weighted by Gasteiger charge is 2.19. The van der Waals surface area contributed by atoms with Crippen LogP contribution < -0.4 is 15.4 Å². The molecule has 2 N–H and O–H groups in total. The van der Waals surface area contributed by atoms with E-state index in [1.165, 1.54) is 19.6 Å². The van der Waals surface area contributed by atoms with E-state index in [1.54, 1.807) is 6.07 Å². The van der Waals surface area contributed by atoms with Crippen molar-refractivity contribution in [3.8, 4) is 5.75 Å². The Morgan fingerprint density at radius 2 is 2.26 bits per heavy atom. The third-order valence-electron chi connectivity index (χ3n) is 3.46. The molecule has 1 atom stereocenters. The van der Waals surface area contributed by atoms with Gasteiger partial charge in [0.1, 0.15) is 11.6 Å². The zero-order chi connectivity index (χ0) is 13.8. The topological polar surface area (TPSA) is 47.7 Å². The van der Waals surface area contributed by atoms with E-state index in [4.69, 9.17) is 15.2 Å². The number of nitrogens with zero attached hydrogens (tertiary/aromatic N) is 1. The molecular weight excluding hydrogens is 247 g/mol. The van der Waals surface area contributed by atoms with E-state index in [-0.39, 0.29) is 11.9 Å². The smallest absolute Gasteiger partial charge is 0.148 e. The Morgan fingerprint density at radius 3 is 2.89 bits per heavy atom. The Kier molecular flexibility index (Phi) is 4.47. The standard InChI is InChI=1S/C14H21FN2O2/c1-17(9-10-5-3-4-6-19-10)13-8-14(18-2)12(16)7-11(13)15/h7-8,10H,3-6,9,16H2,1-2H3. The van der Waals surface area contributed by atoms with Gasteiger partial charge in [0.15, 0.2) is 0 Å². The minimum atomic E-state index is -0.336. The minimum absolute atomic E-state index is 0.168. The van der Waals surface area contributed by atoms with E-state index in [0.717, 1.165) is 19.4 Å². The maximum absolute atomic E-state index is 14.0. The first-order valence-electron chi connectivity index (χ1n) is 6.57. The van der Waals surface area contributed by atoms with Crippen LogP contribution >= 0.6 is 0 Å². The summed E-state index contributed by atoms with van der Waals surface area (Å²) in [4.78, 5) is 1.85. The van der Waals surface area contributed by atoms with Crippen molar-refractivity contribution in [3.05, 3.63) is 17.9 Å². The number of nitrogen functional groups attached to an aromatic ring is 1. The molecule has 0 amide bonds. The molecule has 2 rings (SSSR count). The van der Waals surface area contributed by atoms with Gasteiger partial charge in [-0.1, -0.05) is 0 Å². The molecule has 0 aliphatic carbocycles.